The Morgan fingerprint density at radius 3 is 2.05 bits per heavy atom. The third-order valence-corrected chi connectivity index (χ3v) is 6.61. The minimum atomic E-state index is -3.72. The summed E-state index contributed by atoms with van der Waals surface area (Å²) in [6.07, 6.45) is 1.45. The molecule has 4 rings (SSSR count). The Hall–Kier alpha value is -4.76. The summed E-state index contributed by atoms with van der Waals surface area (Å²) in [5.41, 5.74) is 5.24. The van der Waals surface area contributed by atoms with E-state index in [1.807, 2.05) is 19.1 Å². The summed E-state index contributed by atoms with van der Waals surface area (Å²) in [5.74, 6) is -0.528. The highest BCUT2D eigenvalue weighted by atomic mass is 32.2. The molecule has 186 valence electrons. The van der Waals surface area contributed by atoms with E-state index in [4.69, 9.17) is 4.74 Å². The van der Waals surface area contributed by atoms with Crippen molar-refractivity contribution in [2.45, 2.75) is 11.8 Å². The molecule has 0 aliphatic carbocycles. The Bertz CT molecular complexity index is 1520. The number of hydrogen-bond donors (Lipinski definition) is 2. The summed E-state index contributed by atoms with van der Waals surface area (Å²) >= 11 is 0. The Morgan fingerprint density at radius 1 is 0.784 bits per heavy atom. The van der Waals surface area contributed by atoms with Gasteiger partial charge in [-0.05, 0) is 85.3 Å². The molecular weight excluding hydrogens is 490 g/mol. The highest BCUT2D eigenvalue weighted by Crippen LogP contribution is 2.17. The van der Waals surface area contributed by atoms with E-state index in [-0.39, 0.29) is 4.90 Å². The molecule has 0 aliphatic heterocycles. The molecule has 0 aliphatic rings. The standard InChI is InChI=1S/C28H23N3O5S/c1-20-7-11-23(12-8-20)28(33)36-25-17-9-21(10-18-25)19-29-30-27(32)22-13-15-24(16-14-22)31-37(34,35)26-5-3-2-4-6-26/h2-19,31H,1H3,(H,30,32)/b29-19+. The number of hydrogen-bond acceptors (Lipinski definition) is 6. The molecule has 8 nitrogen and oxygen atoms in total. The number of sulfonamides is 1. The van der Waals surface area contributed by atoms with Crippen LogP contribution in [0, 0.1) is 6.92 Å². The quantitative estimate of drug-likeness (QED) is 0.152. The third-order valence-electron chi connectivity index (χ3n) is 5.21. The summed E-state index contributed by atoms with van der Waals surface area (Å²) in [7, 11) is -3.72. The second kappa shape index (κ2) is 11.3. The van der Waals surface area contributed by atoms with Gasteiger partial charge in [-0.3, -0.25) is 9.52 Å². The first-order valence-corrected chi connectivity index (χ1v) is 12.7. The van der Waals surface area contributed by atoms with Crippen LogP contribution in [0.3, 0.4) is 0 Å². The number of nitrogens with one attached hydrogen (secondary N) is 2. The van der Waals surface area contributed by atoms with Crippen LogP contribution in [0.5, 0.6) is 5.75 Å². The van der Waals surface area contributed by atoms with Crippen LogP contribution < -0.4 is 14.9 Å². The van der Waals surface area contributed by atoms with E-state index in [0.29, 0.717) is 28.1 Å². The van der Waals surface area contributed by atoms with Crippen LogP contribution in [-0.2, 0) is 10.0 Å². The molecule has 0 heterocycles. The van der Waals surface area contributed by atoms with Crippen molar-refractivity contribution < 1.29 is 22.7 Å². The van der Waals surface area contributed by atoms with Gasteiger partial charge in [-0.1, -0.05) is 35.9 Å². The summed E-state index contributed by atoms with van der Waals surface area (Å²) < 4.78 is 32.7. The molecule has 2 N–H and O–H groups in total. The van der Waals surface area contributed by atoms with Crippen molar-refractivity contribution in [2.75, 3.05) is 4.72 Å². The number of carbonyl (C=O) groups excluding carboxylic acids is 2. The van der Waals surface area contributed by atoms with E-state index in [0.717, 1.165) is 5.56 Å². The number of anilines is 1. The Morgan fingerprint density at radius 2 is 1.41 bits per heavy atom. The number of ether oxygens (including phenoxy) is 1. The van der Waals surface area contributed by atoms with E-state index in [1.165, 1.54) is 42.6 Å². The molecule has 0 spiro atoms. The maximum absolute atomic E-state index is 12.4. The lowest BCUT2D eigenvalue weighted by atomic mass is 10.1. The van der Waals surface area contributed by atoms with Gasteiger partial charge in [0.2, 0.25) is 0 Å². The maximum atomic E-state index is 12.4. The van der Waals surface area contributed by atoms with Crippen molar-refractivity contribution in [1.82, 2.24) is 5.43 Å². The lowest BCUT2D eigenvalue weighted by molar-refractivity contribution is 0.0734. The van der Waals surface area contributed by atoms with Crippen molar-refractivity contribution in [3.05, 3.63) is 125 Å². The number of amides is 1. The Balaban J connectivity index is 1.30. The molecule has 0 saturated heterocycles. The third kappa shape index (κ3) is 6.89. The van der Waals surface area contributed by atoms with Gasteiger partial charge >= 0.3 is 5.97 Å². The Kier molecular flexibility index (Phi) is 7.75. The van der Waals surface area contributed by atoms with Crippen LogP contribution in [0.4, 0.5) is 5.69 Å². The number of carbonyl (C=O) groups is 2. The van der Waals surface area contributed by atoms with Gasteiger partial charge in [-0.2, -0.15) is 5.10 Å². The molecule has 0 unspecified atom stereocenters. The largest absolute Gasteiger partial charge is 0.423 e. The molecule has 0 bridgehead atoms. The number of esters is 1. The van der Waals surface area contributed by atoms with Crippen LogP contribution in [0.1, 0.15) is 31.8 Å². The number of rotatable bonds is 8. The molecule has 0 fully saturated rings. The average Bonchev–Trinajstić information content (AvgIpc) is 2.90. The van der Waals surface area contributed by atoms with Gasteiger partial charge in [0.05, 0.1) is 16.7 Å². The lowest BCUT2D eigenvalue weighted by Gasteiger charge is -2.08. The molecule has 9 heteroatoms. The summed E-state index contributed by atoms with van der Waals surface area (Å²) in [4.78, 5) is 24.7. The maximum Gasteiger partial charge on any atom is 0.343 e. The van der Waals surface area contributed by atoms with Crippen molar-refractivity contribution in [3.63, 3.8) is 0 Å². The zero-order valence-electron chi connectivity index (χ0n) is 19.8. The zero-order valence-corrected chi connectivity index (χ0v) is 20.6. The SMILES string of the molecule is Cc1ccc(C(=O)Oc2ccc(/C=N/NC(=O)c3ccc(NS(=O)(=O)c4ccccc4)cc3)cc2)cc1. The topological polar surface area (TPSA) is 114 Å². The van der Waals surface area contributed by atoms with Gasteiger partial charge in [-0.25, -0.2) is 18.6 Å². The minimum absolute atomic E-state index is 0.142. The lowest BCUT2D eigenvalue weighted by Crippen LogP contribution is -2.18. The fourth-order valence-electron chi connectivity index (χ4n) is 3.21. The van der Waals surface area contributed by atoms with Crippen molar-refractivity contribution in [3.8, 4) is 5.75 Å². The molecule has 0 saturated carbocycles. The molecular formula is C28H23N3O5S. The number of benzene rings is 4. The van der Waals surface area contributed by atoms with E-state index >= 15 is 0 Å². The summed E-state index contributed by atoms with van der Waals surface area (Å²) in [6.45, 7) is 1.94. The smallest absolute Gasteiger partial charge is 0.343 e. The number of hydrazone groups is 1. The highest BCUT2D eigenvalue weighted by molar-refractivity contribution is 7.92. The fourth-order valence-corrected chi connectivity index (χ4v) is 4.29. The van der Waals surface area contributed by atoms with Gasteiger partial charge in [0.1, 0.15) is 5.75 Å². The average molecular weight is 514 g/mol. The van der Waals surface area contributed by atoms with Gasteiger partial charge < -0.3 is 4.74 Å². The first-order valence-electron chi connectivity index (χ1n) is 11.2. The van der Waals surface area contributed by atoms with Gasteiger partial charge in [0, 0.05) is 11.3 Å². The normalized spacial score (nSPS) is 11.2. The highest BCUT2D eigenvalue weighted by Gasteiger charge is 2.14. The van der Waals surface area contributed by atoms with Crippen LogP contribution in [-0.4, -0.2) is 26.5 Å². The van der Waals surface area contributed by atoms with E-state index in [2.05, 4.69) is 15.2 Å². The first kappa shape index (κ1) is 25.3. The first-order chi connectivity index (χ1) is 17.8. The van der Waals surface area contributed by atoms with E-state index in [9.17, 15) is 18.0 Å². The van der Waals surface area contributed by atoms with Crippen molar-refractivity contribution >= 4 is 33.8 Å². The predicted octanol–water partition coefficient (Wildman–Crippen LogP) is 4.78. The van der Waals surface area contributed by atoms with Gasteiger partial charge in [-0.15, -0.1) is 0 Å². The molecule has 4 aromatic carbocycles. The molecule has 4 aromatic rings. The summed E-state index contributed by atoms with van der Waals surface area (Å²) in [5, 5.41) is 3.94. The molecule has 0 aromatic heterocycles. The number of nitrogens with zero attached hydrogens (tertiary/aromatic N) is 1. The van der Waals surface area contributed by atoms with Crippen LogP contribution >= 0.6 is 0 Å². The molecule has 1 amide bonds. The van der Waals surface area contributed by atoms with Crippen molar-refractivity contribution in [1.29, 1.82) is 0 Å². The molecule has 0 radical (unpaired) electrons. The predicted molar refractivity (Wildman–Crippen MR) is 141 cm³/mol. The van der Waals surface area contributed by atoms with Crippen LogP contribution in [0.15, 0.2) is 113 Å². The Labute approximate surface area is 214 Å². The second-order valence-electron chi connectivity index (χ2n) is 8.02. The van der Waals surface area contributed by atoms with Crippen LogP contribution in [0.25, 0.3) is 0 Å². The van der Waals surface area contributed by atoms with E-state index < -0.39 is 21.9 Å². The van der Waals surface area contributed by atoms with Crippen LogP contribution in [0.2, 0.25) is 0 Å². The van der Waals surface area contributed by atoms with Gasteiger partial charge in [0.15, 0.2) is 0 Å². The number of aryl methyl sites for hydroxylation is 1. The minimum Gasteiger partial charge on any atom is -0.423 e. The van der Waals surface area contributed by atoms with Crippen molar-refractivity contribution in [2.24, 2.45) is 5.10 Å². The van der Waals surface area contributed by atoms with Gasteiger partial charge in [0.25, 0.3) is 15.9 Å². The molecule has 0 atom stereocenters. The second-order valence-corrected chi connectivity index (χ2v) is 9.70. The molecule has 37 heavy (non-hydrogen) atoms. The van der Waals surface area contributed by atoms with E-state index in [1.54, 1.807) is 54.6 Å². The fraction of sp³-hybridized carbons (Fsp3) is 0.0357. The zero-order chi connectivity index (χ0) is 26.3. The monoisotopic (exact) mass is 513 g/mol. The summed E-state index contributed by atoms with van der Waals surface area (Å²) in [6, 6.07) is 27.7.